The van der Waals surface area contributed by atoms with E-state index in [0.717, 1.165) is 4.83 Å². The van der Waals surface area contributed by atoms with E-state index in [1.807, 2.05) is 5.38 Å². The molecule has 0 fully saturated rings. The van der Waals surface area contributed by atoms with E-state index >= 15 is 0 Å². The monoisotopic (exact) mass is 316 g/mol. The Labute approximate surface area is 125 Å². The molecule has 0 aromatic carbocycles. The number of thiophene rings is 1. The van der Waals surface area contributed by atoms with E-state index in [9.17, 15) is 9.59 Å². The highest BCUT2D eigenvalue weighted by atomic mass is 32.1. The molecular weight excluding hydrogens is 308 g/mol. The first-order valence-electron chi connectivity index (χ1n) is 6.11. The molecule has 0 aliphatic carbocycles. The van der Waals surface area contributed by atoms with Crippen molar-refractivity contribution in [3.05, 3.63) is 61.8 Å². The summed E-state index contributed by atoms with van der Waals surface area (Å²) in [7, 11) is 0. The Morgan fingerprint density at radius 1 is 1.19 bits per heavy atom. The second-order valence-corrected chi connectivity index (χ2v) is 6.23. The highest BCUT2D eigenvalue weighted by molar-refractivity contribution is 7.16. The van der Waals surface area contributed by atoms with Gasteiger partial charge in [0.15, 0.2) is 4.96 Å². The van der Waals surface area contributed by atoms with Crippen LogP contribution in [0.1, 0.15) is 5.69 Å². The lowest BCUT2D eigenvalue weighted by Crippen LogP contribution is -2.22. The van der Waals surface area contributed by atoms with Crippen LogP contribution in [0.15, 0.2) is 45.0 Å². The highest BCUT2D eigenvalue weighted by Gasteiger charge is 2.08. The summed E-state index contributed by atoms with van der Waals surface area (Å²) in [5.74, 6) is 0. The fourth-order valence-corrected chi connectivity index (χ4v) is 3.61. The number of hydrogen-bond acceptors (Lipinski definition) is 6. The Hall–Kier alpha value is -2.32. The number of thiazole rings is 1. The standard InChI is InChI=1S/C13H8N4O2S2/c18-10-5-8(15-13-17(10)2-4-21-13)6-16-7-14-11-9(12(16)19)1-3-20-11/h1-5,7H,6H2. The first-order chi connectivity index (χ1) is 10.2. The highest BCUT2D eigenvalue weighted by Crippen LogP contribution is 2.13. The van der Waals surface area contributed by atoms with Crippen molar-refractivity contribution in [3.63, 3.8) is 0 Å². The number of hydrogen-bond donors (Lipinski definition) is 0. The average molecular weight is 316 g/mol. The largest absolute Gasteiger partial charge is 0.293 e. The van der Waals surface area contributed by atoms with Crippen LogP contribution in [0.25, 0.3) is 15.2 Å². The van der Waals surface area contributed by atoms with Crippen molar-refractivity contribution in [3.8, 4) is 0 Å². The maximum absolute atomic E-state index is 12.3. The molecule has 0 unspecified atom stereocenters. The summed E-state index contributed by atoms with van der Waals surface area (Å²) in [6.45, 7) is 0.237. The molecule has 0 saturated heterocycles. The van der Waals surface area contributed by atoms with E-state index in [0.29, 0.717) is 16.0 Å². The molecule has 104 valence electrons. The van der Waals surface area contributed by atoms with Gasteiger partial charge in [-0.25, -0.2) is 9.97 Å². The zero-order valence-corrected chi connectivity index (χ0v) is 12.2. The summed E-state index contributed by atoms with van der Waals surface area (Å²) < 4.78 is 2.96. The molecule has 0 aliphatic heterocycles. The minimum atomic E-state index is -0.145. The molecule has 0 bridgehead atoms. The third kappa shape index (κ3) is 1.99. The maximum atomic E-state index is 12.3. The van der Waals surface area contributed by atoms with E-state index < -0.39 is 0 Å². The maximum Gasteiger partial charge on any atom is 0.262 e. The number of rotatable bonds is 2. The molecule has 0 aliphatic rings. The fourth-order valence-electron chi connectivity index (χ4n) is 2.15. The molecule has 0 radical (unpaired) electrons. The van der Waals surface area contributed by atoms with Crippen LogP contribution in [0.3, 0.4) is 0 Å². The van der Waals surface area contributed by atoms with Crippen LogP contribution in [-0.2, 0) is 6.54 Å². The molecule has 0 atom stereocenters. The van der Waals surface area contributed by atoms with Crippen molar-refractivity contribution in [1.29, 1.82) is 0 Å². The molecule has 6 nitrogen and oxygen atoms in total. The Morgan fingerprint density at radius 2 is 2.10 bits per heavy atom. The zero-order valence-electron chi connectivity index (χ0n) is 10.6. The van der Waals surface area contributed by atoms with E-state index in [-0.39, 0.29) is 17.7 Å². The van der Waals surface area contributed by atoms with Crippen LogP contribution in [0.2, 0.25) is 0 Å². The van der Waals surface area contributed by atoms with Gasteiger partial charge < -0.3 is 0 Å². The van der Waals surface area contributed by atoms with Gasteiger partial charge in [-0.05, 0) is 11.4 Å². The number of fused-ring (bicyclic) bond motifs is 2. The van der Waals surface area contributed by atoms with Crippen LogP contribution in [-0.4, -0.2) is 18.9 Å². The van der Waals surface area contributed by atoms with Crippen molar-refractivity contribution in [1.82, 2.24) is 18.9 Å². The first-order valence-corrected chi connectivity index (χ1v) is 7.87. The quantitative estimate of drug-likeness (QED) is 0.563. The van der Waals surface area contributed by atoms with Crippen LogP contribution in [0.4, 0.5) is 0 Å². The lowest BCUT2D eigenvalue weighted by molar-refractivity contribution is 0.729. The van der Waals surface area contributed by atoms with E-state index in [4.69, 9.17) is 0 Å². The zero-order chi connectivity index (χ0) is 14.4. The molecule has 4 aromatic rings. The van der Waals surface area contributed by atoms with Crippen molar-refractivity contribution >= 4 is 37.9 Å². The number of nitrogens with zero attached hydrogens (tertiary/aromatic N) is 4. The van der Waals surface area contributed by atoms with Crippen LogP contribution in [0.5, 0.6) is 0 Å². The Balaban J connectivity index is 1.84. The topological polar surface area (TPSA) is 69.3 Å². The summed E-state index contributed by atoms with van der Waals surface area (Å²) in [6, 6.07) is 3.21. The van der Waals surface area contributed by atoms with Crippen molar-refractivity contribution < 1.29 is 0 Å². The Bertz CT molecular complexity index is 1070. The minimum Gasteiger partial charge on any atom is -0.293 e. The van der Waals surface area contributed by atoms with Crippen LogP contribution >= 0.6 is 22.7 Å². The van der Waals surface area contributed by atoms with Crippen molar-refractivity contribution in [2.24, 2.45) is 0 Å². The Kier molecular flexibility index (Phi) is 2.72. The molecule has 21 heavy (non-hydrogen) atoms. The molecular formula is C13H8N4O2S2. The summed E-state index contributed by atoms with van der Waals surface area (Å²) in [6.07, 6.45) is 3.18. The molecule has 0 N–H and O–H groups in total. The smallest absolute Gasteiger partial charge is 0.262 e. The van der Waals surface area contributed by atoms with Crippen molar-refractivity contribution in [2.45, 2.75) is 6.54 Å². The number of aromatic nitrogens is 4. The molecule has 8 heteroatoms. The molecule has 0 saturated carbocycles. The van der Waals surface area contributed by atoms with E-state index in [1.165, 1.54) is 44.0 Å². The first kappa shape index (κ1) is 12.4. The SMILES string of the molecule is O=c1c2ccsc2ncn1Cc1cc(=O)n2ccsc2n1. The van der Waals surface area contributed by atoms with Gasteiger partial charge in [0.1, 0.15) is 4.83 Å². The average Bonchev–Trinajstić information content (AvgIpc) is 3.10. The third-order valence-electron chi connectivity index (χ3n) is 3.14. The normalized spacial score (nSPS) is 11.4. The van der Waals surface area contributed by atoms with Gasteiger partial charge in [-0.1, -0.05) is 0 Å². The van der Waals surface area contributed by atoms with Gasteiger partial charge in [0, 0.05) is 17.6 Å². The van der Waals surface area contributed by atoms with E-state index in [1.54, 1.807) is 17.6 Å². The van der Waals surface area contributed by atoms with Gasteiger partial charge in [0.2, 0.25) is 0 Å². The van der Waals surface area contributed by atoms with E-state index in [2.05, 4.69) is 9.97 Å². The summed E-state index contributed by atoms with van der Waals surface area (Å²) >= 11 is 2.82. The van der Waals surface area contributed by atoms with Gasteiger partial charge >= 0.3 is 0 Å². The van der Waals surface area contributed by atoms with Crippen molar-refractivity contribution in [2.75, 3.05) is 0 Å². The van der Waals surface area contributed by atoms with Gasteiger partial charge in [-0.15, -0.1) is 22.7 Å². The molecule has 4 aromatic heterocycles. The van der Waals surface area contributed by atoms with Gasteiger partial charge in [0.05, 0.1) is 24.0 Å². The third-order valence-corrected chi connectivity index (χ3v) is 4.72. The van der Waals surface area contributed by atoms with Gasteiger partial charge in [-0.2, -0.15) is 0 Å². The summed E-state index contributed by atoms with van der Waals surface area (Å²) in [5, 5.41) is 4.24. The lowest BCUT2D eigenvalue weighted by atomic mass is 10.3. The van der Waals surface area contributed by atoms with Crippen LogP contribution < -0.4 is 11.1 Å². The second-order valence-electron chi connectivity index (χ2n) is 4.46. The predicted octanol–water partition coefficient (Wildman–Crippen LogP) is 1.58. The summed E-state index contributed by atoms with van der Waals surface area (Å²) in [4.78, 5) is 34.2. The molecule has 0 spiro atoms. The molecule has 4 rings (SSSR count). The Morgan fingerprint density at radius 3 is 3.00 bits per heavy atom. The molecule has 0 amide bonds. The van der Waals surface area contributed by atoms with Crippen LogP contribution in [0, 0.1) is 0 Å². The summed E-state index contributed by atoms with van der Waals surface area (Å²) in [5.41, 5.74) is 0.296. The molecule has 4 heterocycles. The van der Waals surface area contributed by atoms with Gasteiger partial charge in [-0.3, -0.25) is 18.6 Å². The predicted molar refractivity (Wildman–Crippen MR) is 82.3 cm³/mol. The van der Waals surface area contributed by atoms with Gasteiger partial charge in [0.25, 0.3) is 11.1 Å². The minimum absolute atomic E-state index is 0.116. The lowest BCUT2D eigenvalue weighted by Gasteiger charge is -2.04. The fraction of sp³-hybridized carbons (Fsp3) is 0.0769. The second kappa shape index (κ2) is 4.61.